The number of alkyl halides is 6. The smallest absolute Gasteiger partial charge is 0.384 e. The summed E-state index contributed by atoms with van der Waals surface area (Å²) in [4.78, 5) is 18.2. The lowest BCUT2D eigenvalue weighted by atomic mass is 9.93. The summed E-state index contributed by atoms with van der Waals surface area (Å²) >= 11 is 6.37. The quantitative estimate of drug-likeness (QED) is 0.151. The number of carbonyl (C=O) groups is 1. The number of carbonyl (C=O) groups excluding carboxylic acids is 1. The summed E-state index contributed by atoms with van der Waals surface area (Å²) in [6, 6.07) is 10.7. The second-order valence-electron chi connectivity index (χ2n) is 10.3. The molecule has 0 aliphatic carbocycles. The van der Waals surface area contributed by atoms with Gasteiger partial charge in [0.2, 0.25) is 5.78 Å². The number of ketones is 1. The maximum Gasteiger partial charge on any atom is 0.416 e. The number of hydrogen-bond acceptors (Lipinski definition) is 8. The first kappa shape index (κ1) is 31.0. The van der Waals surface area contributed by atoms with Gasteiger partial charge in [-0.3, -0.25) is 20.2 Å². The molecule has 0 fully saturated rings. The fourth-order valence-corrected chi connectivity index (χ4v) is 4.85. The Morgan fingerprint density at radius 1 is 0.977 bits per heavy atom. The fraction of sp³-hybridized carbons (Fsp3) is 0.207. The van der Waals surface area contributed by atoms with Crippen molar-refractivity contribution in [3.63, 3.8) is 0 Å². The van der Waals surface area contributed by atoms with Crippen LogP contribution in [0.15, 0.2) is 77.2 Å². The minimum Gasteiger partial charge on any atom is -0.384 e. The molecular weight excluding hydrogens is 616 g/mol. The van der Waals surface area contributed by atoms with Crippen LogP contribution in [-0.2, 0) is 24.5 Å². The molecule has 2 aromatic carbocycles. The van der Waals surface area contributed by atoms with Gasteiger partial charge >= 0.3 is 12.4 Å². The van der Waals surface area contributed by atoms with E-state index in [9.17, 15) is 36.2 Å². The Balaban J connectivity index is 1.66. The van der Waals surface area contributed by atoms with E-state index < -0.39 is 41.4 Å². The van der Waals surface area contributed by atoms with E-state index in [0.717, 1.165) is 0 Å². The van der Waals surface area contributed by atoms with Crippen LogP contribution in [0.2, 0.25) is 5.02 Å². The molecule has 8 nitrogen and oxygen atoms in total. The molecule has 44 heavy (non-hydrogen) atoms. The first-order valence-corrected chi connectivity index (χ1v) is 13.2. The molecule has 0 saturated carbocycles. The predicted molar refractivity (Wildman–Crippen MR) is 146 cm³/mol. The van der Waals surface area contributed by atoms with Crippen molar-refractivity contribution in [2.75, 3.05) is 0 Å². The van der Waals surface area contributed by atoms with Gasteiger partial charge < -0.3 is 9.63 Å². The number of rotatable bonds is 7. The molecule has 230 valence electrons. The summed E-state index contributed by atoms with van der Waals surface area (Å²) in [5.41, 5.74) is 0.581. The molecule has 15 heteroatoms. The van der Waals surface area contributed by atoms with Crippen LogP contribution in [0.1, 0.15) is 52.2 Å². The van der Waals surface area contributed by atoms with E-state index in [0.29, 0.717) is 17.7 Å². The topological polar surface area (TPSA) is 104 Å². The largest absolute Gasteiger partial charge is 0.416 e. The van der Waals surface area contributed by atoms with E-state index in [4.69, 9.17) is 16.1 Å². The summed E-state index contributed by atoms with van der Waals surface area (Å²) in [6.07, 6.45) is -7.31. The average molecular weight is 638 g/mol. The molecule has 5 rings (SSSR count). The van der Waals surface area contributed by atoms with E-state index >= 15 is 0 Å². The van der Waals surface area contributed by atoms with Crippen LogP contribution >= 0.6 is 11.6 Å². The van der Waals surface area contributed by atoms with Gasteiger partial charge in [0.05, 0.1) is 34.0 Å². The van der Waals surface area contributed by atoms with Crippen molar-refractivity contribution in [3.8, 4) is 11.3 Å². The number of Topliss-reactive ketones (excluding diaryl/α,β-unsaturated/α-hetero) is 1. The average Bonchev–Trinajstić information content (AvgIpc) is 3.57. The lowest BCUT2D eigenvalue weighted by molar-refractivity contribution is -0.143. The van der Waals surface area contributed by atoms with E-state index in [-0.39, 0.29) is 50.6 Å². The molecular formula is C29H22ClF6N5O3. The molecule has 0 radical (unpaired) electrons. The van der Waals surface area contributed by atoms with Gasteiger partial charge in [0, 0.05) is 23.5 Å². The van der Waals surface area contributed by atoms with Crippen LogP contribution in [0.4, 0.5) is 26.3 Å². The number of benzene rings is 2. The van der Waals surface area contributed by atoms with E-state index in [1.807, 2.05) is 0 Å². The summed E-state index contributed by atoms with van der Waals surface area (Å²) < 4.78 is 86.8. The summed E-state index contributed by atoms with van der Waals surface area (Å²) in [5.74, 6) is -0.826. The SMILES string of the molecule is CC(C)(O)c1noc(-c2ccccc2Cl)c1C(=O)C1=C(c2ccncc2)N(Cc2cc(C(F)(F)F)cc(C(F)(F)F)c2)NN1. The first-order valence-electron chi connectivity index (χ1n) is 12.8. The highest BCUT2D eigenvalue weighted by Crippen LogP contribution is 2.40. The number of nitrogens with zero attached hydrogens (tertiary/aromatic N) is 3. The van der Waals surface area contributed by atoms with Crippen molar-refractivity contribution >= 4 is 23.1 Å². The summed E-state index contributed by atoms with van der Waals surface area (Å²) in [7, 11) is 0. The van der Waals surface area contributed by atoms with Gasteiger partial charge in [0.15, 0.2) is 5.76 Å². The summed E-state index contributed by atoms with van der Waals surface area (Å²) in [5, 5.41) is 16.2. The second kappa shape index (κ2) is 11.3. The van der Waals surface area contributed by atoms with Crippen LogP contribution in [-0.4, -0.2) is 26.0 Å². The second-order valence-corrected chi connectivity index (χ2v) is 10.7. The van der Waals surface area contributed by atoms with Gasteiger partial charge in [-0.1, -0.05) is 28.9 Å². The third-order valence-corrected chi connectivity index (χ3v) is 6.94. The molecule has 0 unspecified atom stereocenters. The molecule has 4 aromatic rings. The van der Waals surface area contributed by atoms with Crippen LogP contribution in [0.25, 0.3) is 17.0 Å². The molecule has 0 atom stereocenters. The first-order chi connectivity index (χ1) is 20.6. The Kier molecular flexibility index (Phi) is 7.95. The van der Waals surface area contributed by atoms with Gasteiger partial charge in [0.1, 0.15) is 17.0 Å². The van der Waals surface area contributed by atoms with Crippen molar-refractivity contribution in [3.05, 3.63) is 111 Å². The number of pyridine rings is 1. The monoisotopic (exact) mass is 637 g/mol. The Morgan fingerprint density at radius 2 is 1.59 bits per heavy atom. The molecule has 3 N–H and O–H groups in total. The Labute approximate surface area is 250 Å². The Hall–Kier alpha value is -4.40. The predicted octanol–water partition coefficient (Wildman–Crippen LogP) is 6.73. The third-order valence-electron chi connectivity index (χ3n) is 6.61. The number of allylic oxidation sites excluding steroid dienone is 1. The maximum atomic E-state index is 14.3. The standard InChI is InChI=1S/C29H22ClF6N5O3/c1-27(2,43)26-21(25(44-39-26)19-5-3-4-6-20(19)30)24(42)22-23(16-7-9-37-10-8-16)41(40-38-22)14-15-11-17(28(31,32)33)13-18(12-15)29(34,35)36/h3-13,38,40,43H,14H2,1-2H3. The summed E-state index contributed by atoms with van der Waals surface area (Å²) in [6.45, 7) is 2.23. The molecule has 0 spiro atoms. The van der Waals surface area contributed by atoms with Gasteiger partial charge in [-0.25, -0.2) is 0 Å². The fourth-order valence-electron chi connectivity index (χ4n) is 4.63. The molecule has 1 aliphatic rings. The van der Waals surface area contributed by atoms with E-state index in [1.165, 1.54) is 43.4 Å². The van der Waals surface area contributed by atoms with Crippen LogP contribution in [0, 0.1) is 0 Å². The molecule has 1 aliphatic heterocycles. The van der Waals surface area contributed by atoms with Gasteiger partial charge in [-0.15, -0.1) is 5.53 Å². The number of nitrogens with one attached hydrogen (secondary N) is 2. The van der Waals surface area contributed by atoms with Crippen molar-refractivity contribution in [1.29, 1.82) is 0 Å². The zero-order chi connectivity index (χ0) is 32.0. The highest BCUT2D eigenvalue weighted by molar-refractivity contribution is 6.33. The minimum absolute atomic E-state index is 0.0358. The number of halogens is 7. The van der Waals surface area contributed by atoms with E-state index in [1.54, 1.807) is 24.3 Å². The van der Waals surface area contributed by atoms with Crippen LogP contribution < -0.4 is 11.0 Å². The molecule has 0 amide bonds. The van der Waals surface area contributed by atoms with Crippen LogP contribution in [0.3, 0.4) is 0 Å². The number of aliphatic hydroxyl groups is 1. The highest BCUT2D eigenvalue weighted by atomic mass is 35.5. The van der Waals surface area contributed by atoms with Gasteiger partial charge in [-0.2, -0.15) is 26.3 Å². The molecule has 0 bridgehead atoms. The lowest BCUT2D eigenvalue weighted by Crippen LogP contribution is -2.38. The number of hydrazine groups is 2. The lowest BCUT2D eigenvalue weighted by Gasteiger charge is -2.23. The zero-order valence-corrected chi connectivity index (χ0v) is 23.6. The third kappa shape index (κ3) is 6.14. The molecule has 2 aromatic heterocycles. The molecule has 3 heterocycles. The number of aromatic nitrogens is 2. The normalized spacial score (nSPS) is 14.3. The van der Waals surface area contributed by atoms with Crippen molar-refractivity contribution < 1.29 is 40.8 Å². The minimum atomic E-state index is -5.05. The van der Waals surface area contributed by atoms with Crippen molar-refractivity contribution in [2.45, 2.75) is 38.3 Å². The maximum absolute atomic E-state index is 14.3. The highest BCUT2D eigenvalue weighted by Gasteiger charge is 2.40. The van der Waals surface area contributed by atoms with E-state index in [2.05, 4.69) is 21.1 Å². The Bertz CT molecular complexity index is 1710. The van der Waals surface area contributed by atoms with Gasteiger partial charge in [0.25, 0.3) is 0 Å². The van der Waals surface area contributed by atoms with Crippen molar-refractivity contribution in [1.82, 2.24) is 26.1 Å². The number of hydrogen-bond donors (Lipinski definition) is 3. The molecule has 0 saturated heterocycles. The zero-order valence-electron chi connectivity index (χ0n) is 22.8. The Morgan fingerprint density at radius 3 is 2.16 bits per heavy atom. The van der Waals surface area contributed by atoms with Crippen molar-refractivity contribution in [2.24, 2.45) is 0 Å². The van der Waals surface area contributed by atoms with Crippen LogP contribution in [0.5, 0.6) is 0 Å². The van der Waals surface area contributed by atoms with Gasteiger partial charge in [-0.05, 0) is 61.9 Å².